The van der Waals surface area contributed by atoms with Crippen molar-refractivity contribution >= 4 is 35.3 Å². The lowest BCUT2D eigenvalue weighted by atomic mass is 9.97. The molecule has 0 aliphatic heterocycles. The minimum Gasteiger partial charge on any atom is -0.369 e. The highest BCUT2D eigenvalue weighted by atomic mass is 35.5. The molecular formula is C18H21Cl2N3O. The zero-order valence-corrected chi connectivity index (χ0v) is 15.5. The summed E-state index contributed by atoms with van der Waals surface area (Å²) in [5.74, 6) is 0.984. The molecule has 2 rings (SSSR count). The van der Waals surface area contributed by atoms with Crippen molar-refractivity contribution in [2.45, 2.75) is 27.2 Å². The highest BCUT2D eigenvalue weighted by molar-refractivity contribution is 6.35. The van der Waals surface area contributed by atoms with E-state index >= 15 is 0 Å². The lowest BCUT2D eigenvalue weighted by Gasteiger charge is -2.18. The summed E-state index contributed by atoms with van der Waals surface area (Å²) in [4.78, 5) is 19.6. The maximum absolute atomic E-state index is 10.9. The molecule has 1 N–H and O–H groups in total. The van der Waals surface area contributed by atoms with Crippen LogP contribution >= 0.6 is 23.2 Å². The standard InChI is InChI=1S/C18H21Cl2N3O/c1-11(12(2)9-24)8-21-18-16(13(3)22-10-23-18)6-14-4-5-15(19)7-17(14)20/h4-5,7,9-12H,6,8H2,1-3H3,(H,21,22,23). The van der Waals surface area contributed by atoms with Gasteiger partial charge in [-0.3, -0.25) is 0 Å². The second kappa shape index (κ2) is 8.45. The van der Waals surface area contributed by atoms with Crippen LogP contribution in [-0.4, -0.2) is 22.8 Å². The number of nitrogens with one attached hydrogen (secondary N) is 1. The van der Waals surface area contributed by atoms with Crippen LogP contribution < -0.4 is 5.32 Å². The lowest BCUT2D eigenvalue weighted by molar-refractivity contribution is -0.111. The Balaban J connectivity index is 2.21. The van der Waals surface area contributed by atoms with Gasteiger partial charge in [-0.25, -0.2) is 9.97 Å². The zero-order valence-electron chi connectivity index (χ0n) is 14.0. The number of anilines is 1. The molecular weight excluding hydrogens is 345 g/mol. The maximum Gasteiger partial charge on any atom is 0.133 e. The molecule has 2 unspecified atom stereocenters. The van der Waals surface area contributed by atoms with Crippen LogP contribution in [0.4, 0.5) is 5.82 Å². The summed E-state index contributed by atoms with van der Waals surface area (Å²) in [6.45, 7) is 6.57. The maximum atomic E-state index is 10.9. The van der Waals surface area contributed by atoms with Gasteiger partial charge in [0.25, 0.3) is 0 Å². The molecule has 0 saturated heterocycles. The van der Waals surface area contributed by atoms with Crippen LogP contribution in [0.3, 0.4) is 0 Å². The Labute approximate surface area is 152 Å². The van der Waals surface area contributed by atoms with Crippen molar-refractivity contribution in [2.75, 3.05) is 11.9 Å². The molecule has 0 bridgehead atoms. The SMILES string of the molecule is Cc1ncnc(NCC(C)C(C)C=O)c1Cc1ccc(Cl)cc1Cl. The first-order valence-corrected chi connectivity index (χ1v) is 8.61. The highest BCUT2D eigenvalue weighted by Crippen LogP contribution is 2.26. The van der Waals surface area contributed by atoms with E-state index in [-0.39, 0.29) is 11.8 Å². The van der Waals surface area contributed by atoms with Crippen molar-refractivity contribution in [3.05, 3.63) is 51.4 Å². The Bertz CT molecular complexity index is 721. The summed E-state index contributed by atoms with van der Waals surface area (Å²) in [7, 11) is 0. The third-order valence-electron chi connectivity index (χ3n) is 4.25. The van der Waals surface area contributed by atoms with Gasteiger partial charge in [0.05, 0.1) is 0 Å². The number of aldehydes is 1. The monoisotopic (exact) mass is 365 g/mol. The van der Waals surface area contributed by atoms with Gasteiger partial charge in [-0.1, -0.05) is 43.1 Å². The Morgan fingerprint density at radius 1 is 1.25 bits per heavy atom. The fourth-order valence-corrected chi connectivity index (χ4v) is 2.77. The molecule has 2 aromatic rings. The number of nitrogens with zero attached hydrogens (tertiary/aromatic N) is 2. The van der Waals surface area contributed by atoms with Crippen LogP contribution in [0.5, 0.6) is 0 Å². The molecule has 1 heterocycles. The van der Waals surface area contributed by atoms with E-state index in [0.717, 1.165) is 28.9 Å². The van der Waals surface area contributed by atoms with E-state index in [0.29, 0.717) is 23.0 Å². The topological polar surface area (TPSA) is 54.9 Å². The third kappa shape index (κ3) is 4.68. The average Bonchev–Trinajstić information content (AvgIpc) is 2.56. The Hall–Kier alpha value is -1.65. The van der Waals surface area contributed by atoms with Crippen LogP contribution in [0.15, 0.2) is 24.5 Å². The van der Waals surface area contributed by atoms with Gasteiger partial charge in [-0.2, -0.15) is 0 Å². The molecule has 0 radical (unpaired) electrons. The first kappa shape index (κ1) is 18.7. The fourth-order valence-electron chi connectivity index (χ4n) is 2.30. The quantitative estimate of drug-likeness (QED) is 0.730. The second-order valence-electron chi connectivity index (χ2n) is 6.05. The minimum absolute atomic E-state index is 0.00501. The number of aryl methyl sites for hydroxylation is 1. The van der Waals surface area contributed by atoms with Gasteiger partial charge in [0.15, 0.2) is 0 Å². The number of hydrogen-bond donors (Lipinski definition) is 1. The van der Waals surface area contributed by atoms with Crippen molar-refractivity contribution in [1.82, 2.24) is 9.97 Å². The second-order valence-corrected chi connectivity index (χ2v) is 6.90. The van der Waals surface area contributed by atoms with Crippen molar-refractivity contribution in [2.24, 2.45) is 11.8 Å². The molecule has 4 nitrogen and oxygen atoms in total. The Kier molecular flexibility index (Phi) is 6.58. The van der Waals surface area contributed by atoms with E-state index in [1.165, 1.54) is 0 Å². The van der Waals surface area contributed by atoms with Crippen molar-refractivity contribution in [1.29, 1.82) is 0 Å². The number of hydrogen-bond acceptors (Lipinski definition) is 4. The smallest absolute Gasteiger partial charge is 0.133 e. The van der Waals surface area contributed by atoms with E-state index in [1.807, 2.05) is 32.9 Å². The van der Waals surface area contributed by atoms with Gasteiger partial charge in [0.2, 0.25) is 0 Å². The van der Waals surface area contributed by atoms with Crippen LogP contribution in [0.2, 0.25) is 10.0 Å². The number of rotatable bonds is 7. The summed E-state index contributed by atoms with van der Waals surface area (Å²) < 4.78 is 0. The molecule has 6 heteroatoms. The minimum atomic E-state index is -0.00501. The van der Waals surface area contributed by atoms with Gasteiger partial charge in [0, 0.05) is 40.2 Å². The summed E-state index contributed by atoms with van der Waals surface area (Å²) >= 11 is 12.2. The fraction of sp³-hybridized carbons (Fsp3) is 0.389. The van der Waals surface area contributed by atoms with Gasteiger partial charge in [0.1, 0.15) is 18.4 Å². The Morgan fingerprint density at radius 2 is 2.00 bits per heavy atom. The summed E-state index contributed by atoms with van der Waals surface area (Å²) in [5.41, 5.74) is 2.86. The molecule has 0 fully saturated rings. The molecule has 128 valence electrons. The number of halogens is 2. The molecule has 0 aliphatic carbocycles. The Morgan fingerprint density at radius 3 is 2.67 bits per heavy atom. The van der Waals surface area contributed by atoms with Gasteiger partial charge < -0.3 is 10.1 Å². The van der Waals surface area contributed by atoms with Crippen LogP contribution in [0, 0.1) is 18.8 Å². The molecule has 0 spiro atoms. The predicted molar refractivity (Wildman–Crippen MR) is 98.9 cm³/mol. The molecule has 24 heavy (non-hydrogen) atoms. The molecule has 2 atom stereocenters. The van der Waals surface area contributed by atoms with E-state index in [4.69, 9.17) is 23.2 Å². The molecule has 0 saturated carbocycles. The lowest BCUT2D eigenvalue weighted by Crippen LogP contribution is -2.20. The van der Waals surface area contributed by atoms with E-state index in [9.17, 15) is 4.79 Å². The van der Waals surface area contributed by atoms with E-state index in [1.54, 1.807) is 12.4 Å². The highest BCUT2D eigenvalue weighted by Gasteiger charge is 2.15. The summed E-state index contributed by atoms with van der Waals surface area (Å²) in [6.07, 6.45) is 3.13. The first-order chi connectivity index (χ1) is 11.4. The number of aromatic nitrogens is 2. The predicted octanol–water partition coefficient (Wildman–Crippen LogP) is 4.57. The van der Waals surface area contributed by atoms with E-state index in [2.05, 4.69) is 15.3 Å². The first-order valence-electron chi connectivity index (χ1n) is 7.86. The van der Waals surface area contributed by atoms with Crippen LogP contribution in [-0.2, 0) is 11.2 Å². The molecule has 1 aromatic heterocycles. The van der Waals surface area contributed by atoms with Crippen molar-refractivity contribution in [3.8, 4) is 0 Å². The van der Waals surface area contributed by atoms with Gasteiger partial charge in [-0.05, 0) is 30.5 Å². The summed E-state index contributed by atoms with van der Waals surface area (Å²) in [5, 5.41) is 4.58. The van der Waals surface area contributed by atoms with Gasteiger partial charge in [-0.15, -0.1) is 0 Å². The largest absolute Gasteiger partial charge is 0.369 e. The van der Waals surface area contributed by atoms with Gasteiger partial charge >= 0.3 is 0 Å². The third-order valence-corrected chi connectivity index (χ3v) is 4.83. The summed E-state index contributed by atoms with van der Waals surface area (Å²) in [6, 6.07) is 5.47. The molecule has 1 aromatic carbocycles. The zero-order chi connectivity index (χ0) is 17.7. The average molecular weight is 366 g/mol. The van der Waals surface area contributed by atoms with Crippen molar-refractivity contribution < 1.29 is 4.79 Å². The number of benzene rings is 1. The van der Waals surface area contributed by atoms with E-state index < -0.39 is 0 Å². The molecule has 0 aliphatic rings. The number of carbonyl (C=O) groups is 1. The molecule has 0 amide bonds. The number of carbonyl (C=O) groups excluding carboxylic acids is 1. The van der Waals surface area contributed by atoms with Crippen LogP contribution in [0.25, 0.3) is 0 Å². The van der Waals surface area contributed by atoms with Crippen molar-refractivity contribution in [3.63, 3.8) is 0 Å². The van der Waals surface area contributed by atoms with Crippen LogP contribution in [0.1, 0.15) is 30.7 Å². The normalized spacial score (nSPS) is 13.4.